The number of hydrogen-bond donors (Lipinski definition) is 0. The highest BCUT2D eigenvalue weighted by Crippen LogP contribution is 2.37. The third-order valence-electron chi connectivity index (χ3n) is 6.12. The zero-order valence-corrected chi connectivity index (χ0v) is 15.8. The molecule has 2 atom stereocenters. The van der Waals surface area contributed by atoms with Gasteiger partial charge in [-0.25, -0.2) is 0 Å². The molecular formula is C21H30N2O3. The summed E-state index contributed by atoms with van der Waals surface area (Å²) in [6.07, 6.45) is 4.65. The first-order chi connectivity index (χ1) is 12.7. The van der Waals surface area contributed by atoms with Crippen molar-refractivity contribution in [3.63, 3.8) is 0 Å². The van der Waals surface area contributed by atoms with Crippen molar-refractivity contribution in [1.82, 2.24) is 9.80 Å². The molecule has 0 aromatic heterocycles. The Labute approximate surface area is 156 Å². The van der Waals surface area contributed by atoms with Gasteiger partial charge in [-0.3, -0.25) is 9.69 Å². The van der Waals surface area contributed by atoms with Crippen LogP contribution in [-0.4, -0.2) is 73.3 Å². The molecule has 4 rings (SSSR count). The number of hydrogen-bond acceptors (Lipinski definition) is 4. The standard InChI is InChI=1S/C21H30N2O3/c1-17-5-2-3-7-19(17)20(24)23-10-9-21(16-23)8-4-6-18(26-21)15-22-11-13-25-14-12-22/h2-3,5,7,18H,4,6,8-16H2,1H3/t18-,21+/m0/s1. The molecule has 3 aliphatic rings. The molecule has 142 valence electrons. The van der Waals surface area contributed by atoms with Crippen LogP contribution in [0.5, 0.6) is 0 Å². The summed E-state index contributed by atoms with van der Waals surface area (Å²) in [5, 5.41) is 0. The van der Waals surface area contributed by atoms with E-state index in [4.69, 9.17) is 9.47 Å². The average molecular weight is 358 g/mol. The van der Waals surface area contributed by atoms with Crippen LogP contribution in [0.15, 0.2) is 24.3 Å². The molecule has 0 radical (unpaired) electrons. The zero-order chi connectivity index (χ0) is 18.0. The van der Waals surface area contributed by atoms with Crippen LogP contribution in [0.25, 0.3) is 0 Å². The van der Waals surface area contributed by atoms with Gasteiger partial charge in [0.05, 0.1) is 31.5 Å². The van der Waals surface area contributed by atoms with E-state index >= 15 is 0 Å². The lowest BCUT2D eigenvalue weighted by Gasteiger charge is -2.41. The summed E-state index contributed by atoms with van der Waals surface area (Å²) in [6, 6.07) is 7.87. The number of nitrogens with zero attached hydrogens (tertiary/aromatic N) is 2. The van der Waals surface area contributed by atoms with Gasteiger partial charge in [0.15, 0.2) is 0 Å². The van der Waals surface area contributed by atoms with E-state index in [0.717, 1.165) is 76.3 Å². The maximum atomic E-state index is 12.9. The maximum Gasteiger partial charge on any atom is 0.254 e. The highest BCUT2D eigenvalue weighted by Gasteiger charge is 2.44. The minimum atomic E-state index is -0.131. The van der Waals surface area contributed by atoms with Gasteiger partial charge in [0, 0.05) is 31.7 Å². The zero-order valence-electron chi connectivity index (χ0n) is 15.8. The van der Waals surface area contributed by atoms with Crippen LogP contribution in [0, 0.1) is 6.92 Å². The van der Waals surface area contributed by atoms with Gasteiger partial charge in [-0.1, -0.05) is 18.2 Å². The minimum Gasteiger partial charge on any atom is -0.379 e. The van der Waals surface area contributed by atoms with Crippen LogP contribution in [0.4, 0.5) is 0 Å². The number of morpholine rings is 1. The highest BCUT2D eigenvalue weighted by atomic mass is 16.5. The minimum absolute atomic E-state index is 0.131. The van der Waals surface area contributed by atoms with Gasteiger partial charge in [0.2, 0.25) is 0 Å². The number of ether oxygens (including phenoxy) is 2. The van der Waals surface area contributed by atoms with Crippen molar-refractivity contribution in [2.45, 2.75) is 44.3 Å². The summed E-state index contributed by atoms with van der Waals surface area (Å²) in [5.74, 6) is 0.152. The monoisotopic (exact) mass is 358 g/mol. The SMILES string of the molecule is Cc1ccccc1C(=O)N1CC[C@]2(CCC[C@@H](CN3CCOCC3)O2)C1. The number of aryl methyl sites for hydroxylation is 1. The Hall–Kier alpha value is -1.43. The first-order valence-electron chi connectivity index (χ1n) is 9.98. The normalized spacial score (nSPS) is 30.0. The summed E-state index contributed by atoms with van der Waals surface area (Å²) in [6.45, 7) is 8.21. The van der Waals surface area contributed by atoms with Crippen LogP contribution in [0.2, 0.25) is 0 Å². The molecule has 0 N–H and O–H groups in total. The molecule has 0 aliphatic carbocycles. The predicted molar refractivity (Wildman–Crippen MR) is 100 cm³/mol. The van der Waals surface area contributed by atoms with Crippen LogP contribution in [0.3, 0.4) is 0 Å². The number of rotatable bonds is 3. The Kier molecular flexibility index (Phi) is 5.30. The third-order valence-corrected chi connectivity index (χ3v) is 6.12. The number of carbonyl (C=O) groups is 1. The van der Waals surface area contributed by atoms with Crippen molar-refractivity contribution in [2.24, 2.45) is 0 Å². The molecule has 1 aromatic rings. The fraction of sp³-hybridized carbons (Fsp3) is 0.667. The second kappa shape index (κ2) is 7.67. The van der Waals surface area contributed by atoms with Gasteiger partial charge < -0.3 is 14.4 Å². The van der Waals surface area contributed by atoms with Crippen LogP contribution < -0.4 is 0 Å². The molecular weight excluding hydrogens is 328 g/mol. The van der Waals surface area contributed by atoms with Crippen molar-refractivity contribution in [2.75, 3.05) is 45.9 Å². The summed E-state index contributed by atoms with van der Waals surface area (Å²) >= 11 is 0. The van der Waals surface area contributed by atoms with Gasteiger partial charge in [0.25, 0.3) is 5.91 Å². The Bertz CT molecular complexity index is 644. The van der Waals surface area contributed by atoms with Crippen molar-refractivity contribution < 1.29 is 14.3 Å². The lowest BCUT2D eigenvalue weighted by atomic mass is 9.90. The molecule has 5 heteroatoms. The van der Waals surface area contributed by atoms with E-state index in [0.29, 0.717) is 0 Å². The molecule has 1 spiro atoms. The summed E-state index contributed by atoms with van der Waals surface area (Å²) in [4.78, 5) is 17.4. The number of carbonyl (C=O) groups excluding carboxylic acids is 1. The van der Waals surface area contributed by atoms with Gasteiger partial charge >= 0.3 is 0 Å². The predicted octanol–water partition coefficient (Wildman–Crippen LogP) is 2.48. The molecule has 26 heavy (non-hydrogen) atoms. The van der Waals surface area contributed by atoms with Crippen molar-refractivity contribution in [3.05, 3.63) is 35.4 Å². The van der Waals surface area contributed by atoms with Crippen molar-refractivity contribution >= 4 is 5.91 Å². The molecule has 3 saturated heterocycles. The summed E-state index contributed by atoms with van der Waals surface area (Å²) < 4.78 is 12.1. The second-order valence-electron chi connectivity index (χ2n) is 8.02. The molecule has 5 nitrogen and oxygen atoms in total. The van der Waals surface area contributed by atoms with Crippen molar-refractivity contribution in [1.29, 1.82) is 0 Å². The van der Waals surface area contributed by atoms with E-state index in [1.165, 1.54) is 6.42 Å². The van der Waals surface area contributed by atoms with E-state index in [9.17, 15) is 4.79 Å². The maximum absolute atomic E-state index is 12.9. The molecule has 1 amide bonds. The summed E-state index contributed by atoms with van der Waals surface area (Å²) in [7, 11) is 0. The fourth-order valence-corrected chi connectivity index (χ4v) is 4.63. The molecule has 0 unspecified atom stereocenters. The van der Waals surface area contributed by atoms with Crippen LogP contribution in [0.1, 0.15) is 41.6 Å². The largest absolute Gasteiger partial charge is 0.379 e. The Morgan fingerprint density at radius 1 is 1.19 bits per heavy atom. The number of amides is 1. The molecule has 3 fully saturated rings. The summed E-state index contributed by atoms with van der Waals surface area (Å²) in [5.41, 5.74) is 1.74. The third kappa shape index (κ3) is 3.80. The van der Waals surface area contributed by atoms with E-state index < -0.39 is 0 Å². The molecule has 0 saturated carbocycles. The van der Waals surface area contributed by atoms with E-state index in [1.807, 2.05) is 36.1 Å². The van der Waals surface area contributed by atoms with E-state index in [2.05, 4.69) is 4.90 Å². The van der Waals surface area contributed by atoms with E-state index in [-0.39, 0.29) is 17.6 Å². The fourth-order valence-electron chi connectivity index (χ4n) is 4.63. The average Bonchev–Trinajstić information content (AvgIpc) is 3.06. The molecule has 3 heterocycles. The first kappa shape index (κ1) is 18.0. The Balaban J connectivity index is 1.38. The van der Waals surface area contributed by atoms with Gasteiger partial charge in [0.1, 0.15) is 0 Å². The number of benzene rings is 1. The van der Waals surface area contributed by atoms with E-state index in [1.54, 1.807) is 0 Å². The smallest absolute Gasteiger partial charge is 0.254 e. The molecule has 3 aliphatic heterocycles. The van der Waals surface area contributed by atoms with Crippen LogP contribution >= 0.6 is 0 Å². The second-order valence-corrected chi connectivity index (χ2v) is 8.02. The number of likely N-dealkylation sites (tertiary alicyclic amines) is 1. The molecule has 0 bridgehead atoms. The topological polar surface area (TPSA) is 42.0 Å². The van der Waals surface area contributed by atoms with Crippen LogP contribution in [-0.2, 0) is 9.47 Å². The quantitative estimate of drug-likeness (QED) is 0.833. The van der Waals surface area contributed by atoms with Gasteiger partial charge in [-0.05, 0) is 44.2 Å². The highest BCUT2D eigenvalue weighted by molar-refractivity contribution is 5.95. The Morgan fingerprint density at radius 2 is 2.00 bits per heavy atom. The lowest BCUT2D eigenvalue weighted by Crippen LogP contribution is -2.49. The first-order valence-corrected chi connectivity index (χ1v) is 9.98. The molecule has 1 aromatic carbocycles. The van der Waals surface area contributed by atoms with Crippen molar-refractivity contribution in [3.8, 4) is 0 Å². The Morgan fingerprint density at radius 3 is 2.81 bits per heavy atom. The van der Waals surface area contributed by atoms with Gasteiger partial charge in [-0.2, -0.15) is 0 Å². The van der Waals surface area contributed by atoms with Gasteiger partial charge in [-0.15, -0.1) is 0 Å². The lowest BCUT2D eigenvalue weighted by molar-refractivity contribution is -0.131.